The highest BCUT2D eigenvalue weighted by Gasteiger charge is 2.25. The second-order valence-electron chi connectivity index (χ2n) is 7.97. The number of ether oxygens (including phenoxy) is 1. The zero-order valence-electron chi connectivity index (χ0n) is 19.4. The molecule has 3 atom stereocenters. The Labute approximate surface area is 195 Å². The maximum atomic E-state index is 13.0. The SMILES string of the molecule is CN[C@@H](Cc1ccccc1)C(=O)N[C@@H](CCCCN)C(=O)Nc1ccc(COC(C)O)cc1. The molecule has 0 radical (unpaired) electrons. The number of nitrogens with two attached hydrogens (primary N) is 1. The number of benzene rings is 2. The van der Waals surface area contributed by atoms with Gasteiger partial charge in [0.15, 0.2) is 6.29 Å². The molecule has 0 aliphatic carbocycles. The first-order chi connectivity index (χ1) is 15.9. The van der Waals surface area contributed by atoms with E-state index in [-0.39, 0.29) is 18.4 Å². The van der Waals surface area contributed by atoms with Crippen LogP contribution in [0, 0.1) is 0 Å². The number of likely N-dealkylation sites (N-methyl/N-ethyl adjacent to an activating group) is 1. The summed E-state index contributed by atoms with van der Waals surface area (Å²) < 4.78 is 5.17. The molecule has 33 heavy (non-hydrogen) atoms. The molecule has 8 heteroatoms. The fourth-order valence-electron chi connectivity index (χ4n) is 3.34. The van der Waals surface area contributed by atoms with Gasteiger partial charge in [0.2, 0.25) is 11.8 Å². The van der Waals surface area contributed by atoms with E-state index in [1.54, 1.807) is 26.1 Å². The summed E-state index contributed by atoms with van der Waals surface area (Å²) >= 11 is 0. The molecule has 2 aromatic rings. The number of rotatable bonds is 14. The highest BCUT2D eigenvalue weighted by atomic mass is 16.6. The molecular weight excluding hydrogens is 420 g/mol. The third-order valence-corrected chi connectivity index (χ3v) is 5.24. The number of unbranched alkanes of at least 4 members (excludes halogenated alkanes) is 1. The number of aliphatic hydroxyl groups is 1. The van der Waals surface area contributed by atoms with Gasteiger partial charge in [0.1, 0.15) is 6.04 Å². The molecule has 1 unspecified atom stereocenters. The second-order valence-corrected chi connectivity index (χ2v) is 7.97. The van der Waals surface area contributed by atoms with Crippen molar-refractivity contribution in [2.75, 3.05) is 18.9 Å². The van der Waals surface area contributed by atoms with E-state index in [4.69, 9.17) is 10.5 Å². The first-order valence-corrected chi connectivity index (χ1v) is 11.3. The second kappa shape index (κ2) is 14.4. The van der Waals surface area contributed by atoms with Crippen molar-refractivity contribution in [3.63, 3.8) is 0 Å². The highest BCUT2D eigenvalue weighted by molar-refractivity contribution is 5.97. The molecule has 8 nitrogen and oxygen atoms in total. The average molecular weight is 457 g/mol. The van der Waals surface area contributed by atoms with Gasteiger partial charge in [-0.05, 0) is 69.5 Å². The zero-order chi connectivity index (χ0) is 24.1. The number of nitrogens with one attached hydrogen (secondary N) is 3. The van der Waals surface area contributed by atoms with Crippen LogP contribution >= 0.6 is 0 Å². The van der Waals surface area contributed by atoms with E-state index in [9.17, 15) is 14.7 Å². The van der Waals surface area contributed by atoms with Gasteiger partial charge in [-0.15, -0.1) is 0 Å². The summed E-state index contributed by atoms with van der Waals surface area (Å²) in [4.78, 5) is 25.9. The van der Waals surface area contributed by atoms with Gasteiger partial charge in [-0.25, -0.2) is 0 Å². The summed E-state index contributed by atoms with van der Waals surface area (Å²) in [5.41, 5.74) is 8.14. The zero-order valence-corrected chi connectivity index (χ0v) is 19.4. The normalized spacial score (nSPS) is 13.7. The Kier molecular flexibility index (Phi) is 11.5. The first kappa shape index (κ1) is 26.5. The van der Waals surface area contributed by atoms with Crippen molar-refractivity contribution in [2.24, 2.45) is 5.73 Å². The molecule has 2 aromatic carbocycles. The van der Waals surface area contributed by atoms with Crippen LogP contribution in [0.4, 0.5) is 5.69 Å². The lowest BCUT2D eigenvalue weighted by Gasteiger charge is -2.22. The van der Waals surface area contributed by atoms with Gasteiger partial charge >= 0.3 is 0 Å². The van der Waals surface area contributed by atoms with Crippen molar-refractivity contribution in [3.8, 4) is 0 Å². The Morgan fingerprint density at radius 3 is 2.27 bits per heavy atom. The summed E-state index contributed by atoms with van der Waals surface area (Å²) in [6.45, 7) is 2.36. The number of hydrogen-bond donors (Lipinski definition) is 5. The third kappa shape index (κ3) is 9.71. The molecule has 0 spiro atoms. The van der Waals surface area contributed by atoms with Crippen molar-refractivity contribution in [1.82, 2.24) is 10.6 Å². The Hall–Kier alpha value is -2.78. The molecule has 0 aromatic heterocycles. The highest BCUT2D eigenvalue weighted by Crippen LogP contribution is 2.13. The Balaban J connectivity index is 2.01. The number of aliphatic hydroxyl groups excluding tert-OH is 1. The molecule has 0 fully saturated rings. The van der Waals surface area contributed by atoms with Gasteiger partial charge in [0.25, 0.3) is 0 Å². The van der Waals surface area contributed by atoms with Gasteiger partial charge in [-0.1, -0.05) is 42.5 Å². The Morgan fingerprint density at radius 2 is 1.67 bits per heavy atom. The van der Waals surface area contributed by atoms with E-state index >= 15 is 0 Å². The maximum absolute atomic E-state index is 13.0. The minimum Gasteiger partial charge on any atom is -0.368 e. The third-order valence-electron chi connectivity index (χ3n) is 5.24. The van der Waals surface area contributed by atoms with Crippen molar-refractivity contribution < 1.29 is 19.4 Å². The van der Waals surface area contributed by atoms with E-state index in [2.05, 4.69) is 16.0 Å². The lowest BCUT2D eigenvalue weighted by Crippen LogP contribution is -2.51. The largest absolute Gasteiger partial charge is 0.368 e. The van der Waals surface area contributed by atoms with Crippen molar-refractivity contribution in [1.29, 1.82) is 0 Å². The van der Waals surface area contributed by atoms with Crippen LogP contribution in [0.2, 0.25) is 0 Å². The summed E-state index contributed by atoms with van der Waals surface area (Å²) in [5, 5.41) is 18.1. The van der Waals surface area contributed by atoms with Crippen molar-refractivity contribution in [3.05, 3.63) is 65.7 Å². The summed E-state index contributed by atoms with van der Waals surface area (Å²) in [7, 11) is 1.74. The monoisotopic (exact) mass is 456 g/mol. The molecule has 0 bridgehead atoms. The standard InChI is InChI=1S/C25H36N4O4/c1-18(30)33-17-20-11-13-21(14-12-20)28-24(31)22(10-6-7-15-26)29-25(32)23(27-2)16-19-8-4-3-5-9-19/h3-5,8-9,11-14,18,22-23,27,30H,6-7,10,15-17,26H2,1-2H3,(H,28,31)(H,29,32)/t18?,22-,23-/m0/s1. The molecule has 6 N–H and O–H groups in total. The van der Waals surface area contributed by atoms with Gasteiger partial charge in [0.05, 0.1) is 12.6 Å². The van der Waals surface area contributed by atoms with Crippen LogP contribution < -0.4 is 21.7 Å². The lowest BCUT2D eigenvalue weighted by molar-refractivity contribution is -0.128. The van der Waals surface area contributed by atoms with E-state index in [1.165, 1.54) is 0 Å². The van der Waals surface area contributed by atoms with Crippen LogP contribution in [-0.2, 0) is 27.4 Å². The number of carbonyl (C=O) groups excluding carboxylic acids is 2. The van der Waals surface area contributed by atoms with Crippen molar-refractivity contribution in [2.45, 2.75) is 57.6 Å². The minimum absolute atomic E-state index is 0.222. The minimum atomic E-state index is -0.842. The van der Waals surface area contributed by atoms with E-state index < -0.39 is 18.4 Å². The van der Waals surface area contributed by atoms with Crippen molar-refractivity contribution >= 4 is 17.5 Å². The maximum Gasteiger partial charge on any atom is 0.246 e. The topological polar surface area (TPSA) is 126 Å². The molecule has 0 aliphatic heterocycles. The molecule has 0 saturated carbocycles. The average Bonchev–Trinajstić information content (AvgIpc) is 2.82. The van der Waals surface area contributed by atoms with Crippen LogP contribution in [0.5, 0.6) is 0 Å². The Morgan fingerprint density at radius 1 is 0.970 bits per heavy atom. The van der Waals surface area contributed by atoms with E-state index in [0.717, 1.165) is 24.0 Å². The predicted molar refractivity (Wildman–Crippen MR) is 129 cm³/mol. The van der Waals surface area contributed by atoms with E-state index in [0.29, 0.717) is 25.1 Å². The molecule has 0 heterocycles. The van der Waals surface area contributed by atoms with Crippen LogP contribution in [0.15, 0.2) is 54.6 Å². The number of hydrogen-bond acceptors (Lipinski definition) is 6. The van der Waals surface area contributed by atoms with Gasteiger partial charge in [-0.3, -0.25) is 9.59 Å². The van der Waals surface area contributed by atoms with Gasteiger partial charge < -0.3 is 31.5 Å². The van der Waals surface area contributed by atoms with Gasteiger partial charge in [0, 0.05) is 5.69 Å². The summed E-state index contributed by atoms with van der Waals surface area (Å²) in [6.07, 6.45) is 1.68. The summed E-state index contributed by atoms with van der Waals surface area (Å²) in [5.74, 6) is -0.497. The van der Waals surface area contributed by atoms with Crippen LogP contribution in [0.1, 0.15) is 37.3 Å². The van der Waals surface area contributed by atoms with Crippen LogP contribution in [0.3, 0.4) is 0 Å². The molecule has 180 valence electrons. The lowest BCUT2D eigenvalue weighted by atomic mass is 10.0. The fraction of sp³-hybridized carbons (Fsp3) is 0.440. The van der Waals surface area contributed by atoms with Crippen LogP contribution in [0.25, 0.3) is 0 Å². The molecule has 2 amide bonds. The first-order valence-electron chi connectivity index (χ1n) is 11.3. The van der Waals surface area contributed by atoms with E-state index in [1.807, 2.05) is 42.5 Å². The number of carbonyl (C=O) groups is 2. The predicted octanol–water partition coefficient (Wildman–Crippen LogP) is 1.92. The fourth-order valence-corrected chi connectivity index (χ4v) is 3.34. The molecule has 0 saturated heterocycles. The molecule has 2 rings (SSSR count). The van der Waals surface area contributed by atoms with Gasteiger partial charge in [-0.2, -0.15) is 0 Å². The summed E-state index contributed by atoms with van der Waals surface area (Å²) in [6, 6.07) is 15.8. The molecular formula is C25H36N4O4. The number of amides is 2. The quantitative estimate of drug-likeness (QED) is 0.218. The Bertz CT molecular complexity index is 843. The smallest absolute Gasteiger partial charge is 0.246 e. The molecule has 0 aliphatic rings. The number of anilines is 1. The van der Waals surface area contributed by atoms with Crippen LogP contribution in [-0.4, -0.2) is 48.9 Å².